The molecule has 2 atom stereocenters. The van der Waals surface area contributed by atoms with Gasteiger partial charge in [-0.05, 0) is 19.3 Å². The summed E-state index contributed by atoms with van der Waals surface area (Å²) in [6.07, 6.45) is 3.32. The Labute approximate surface area is 86.3 Å². The van der Waals surface area contributed by atoms with Crippen LogP contribution in [-0.2, 0) is 0 Å². The number of rotatable bonds is 8. The molecule has 6 N–H and O–H groups in total. The highest BCUT2D eigenvalue weighted by Gasteiger charge is 2.10. The van der Waals surface area contributed by atoms with E-state index in [0.717, 1.165) is 19.3 Å². The van der Waals surface area contributed by atoms with Crippen LogP contribution in [0.25, 0.3) is 0 Å². The predicted molar refractivity (Wildman–Crippen MR) is 57.6 cm³/mol. The molecule has 0 aliphatic carbocycles. The fraction of sp³-hybridized carbons (Fsp3) is 1.00. The SMILES string of the molecule is CCCCC(O)CCC(O)CC(N)N. The minimum atomic E-state index is -0.480. The second kappa shape index (κ2) is 8.17. The molecule has 0 aliphatic rings. The van der Waals surface area contributed by atoms with Crippen LogP contribution in [0.3, 0.4) is 0 Å². The van der Waals surface area contributed by atoms with Crippen molar-refractivity contribution >= 4 is 0 Å². The average Bonchev–Trinajstić information content (AvgIpc) is 2.10. The standard InChI is InChI=1S/C10H24N2O2/c1-2-3-4-8(13)5-6-9(14)7-10(11)12/h8-10,13-14H,2-7,11-12H2,1H3. The molecule has 0 saturated carbocycles. The van der Waals surface area contributed by atoms with E-state index in [1.165, 1.54) is 0 Å². The average molecular weight is 204 g/mol. The molecule has 0 saturated heterocycles. The summed E-state index contributed by atoms with van der Waals surface area (Å²) < 4.78 is 0. The maximum absolute atomic E-state index is 9.49. The highest BCUT2D eigenvalue weighted by Crippen LogP contribution is 2.10. The minimum Gasteiger partial charge on any atom is -0.393 e. The number of nitrogens with two attached hydrogens (primary N) is 2. The lowest BCUT2D eigenvalue weighted by Gasteiger charge is -2.15. The molecule has 4 heteroatoms. The van der Waals surface area contributed by atoms with E-state index in [9.17, 15) is 10.2 Å². The van der Waals surface area contributed by atoms with Crippen LogP contribution in [0.2, 0.25) is 0 Å². The predicted octanol–water partition coefficient (Wildman–Crippen LogP) is 0.312. The monoisotopic (exact) mass is 204 g/mol. The first-order chi connectivity index (χ1) is 6.56. The second-order valence-electron chi connectivity index (χ2n) is 3.93. The van der Waals surface area contributed by atoms with Crippen molar-refractivity contribution in [1.29, 1.82) is 0 Å². The van der Waals surface area contributed by atoms with E-state index >= 15 is 0 Å². The molecule has 4 nitrogen and oxygen atoms in total. The summed E-state index contributed by atoms with van der Waals surface area (Å²) in [6, 6.07) is 0. The Kier molecular flexibility index (Phi) is 8.08. The molecular formula is C10H24N2O2. The molecule has 86 valence electrons. The third-order valence-electron chi connectivity index (χ3n) is 2.27. The maximum Gasteiger partial charge on any atom is 0.0568 e. The van der Waals surface area contributed by atoms with Gasteiger partial charge in [-0.3, -0.25) is 0 Å². The van der Waals surface area contributed by atoms with Gasteiger partial charge in [0.05, 0.1) is 18.4 Å². The first-order valence-electron chi connectivity index (χ1n) is 5.43. The fourth-order valence-corrected chi connectivity index (χ4v) is 1.40. The van der Waals surface area contributed by atoms with Crippen LogP contribution in [0.4, 0.5) is 0 Å². The molecule has 0 amide bonds. The Bertz CT molecular complexity index is 131. The summed E-state index contributed by atoms with van der Waals surface area (Å²) in [4.78, 5) is 0. The Balaban J connectivity index is 3.40. The van der Waals surface area contributed by atoms with Crippen LogP contribution in [0.5, 0.6) is 0 Å². The first-order valence-corrected chi connectivity index (χ1v) is 5.43. The van der Waals surface area contributed by atoms with Crippen LogP contribution in [0.15, 0.2) is 0 Å². The smallest absolute Gasteiger partial charge is 0.0568 e. The molecule has 0 fully saturated rings. The summed E-state index contributed by atoms with van der Waals surface area (Å²) in [7, 11) is 0. The van der Waals surface area contributed by atoms with Crippen LogP contribution in [0.1, 0.15) is 45.4 Å². The molecule has 0 radical (unpaired) electrons. The molecule has 2 unspecified atom stereocenters. The van der Waals surface area contributed by atoms with Gasteiger partial charge < -0.3 is 21.7 Å². The van der Waals surface area contributed by atoms with Crippen molar-refractivity contribution in [2.24, 2.45) is 11.5 Å². The normalized spacial score (nSPS) is 15.9. The van der Waals surface area contributed by atoms with Gasteiger partial charge in [-0.25, -0.2) is 0 Å². The second-order valence-corrected chi connectivity index (χ2v) is 3.93. The van der Waals surface area contributed by atoms with Gasteiger partial charge in [0.15, 0.2) is 0 Å². The molecule has 0 aromatic carbocycles. The van der Waals surface area contributed by atoms with Gasteiger partial charge in [0.2, 0.25) is 0 Å². The molecule has 0 aromatic heterocycles. The third kappa shape index (κ3) is 8.44. The number of hydrogen-bond acceptors (Lipinski definition) is 4. The molecule has 0 rings (SSSR count). The Hall–Kier alpha value is -0.160. The van der Waals surface area contributed by atoms with Gasteiger partial charge in [0, 0.05) is 6.42 Å². The van der Waals surface area contributed by atoms with Gasteiger partial charge in [-0.1, -0.05) is 19.8 Å². The van der Waals surface area contributed by atoms with Gasteiger partial charge in [-0.15, -0.1) is 0 Å². The zero-order valence-corrected chi connectivity index (χ0v) is 9.02. The quantitative estimate of drug-likeness (QED) is 0.428. The molecule has 0 spiro atoms. The molecule has 14 heavy (non-hydrogen) atoms. The number of unbranched alkanes of at least 4 members (excludes halogenated alkanes) is 1. The van der Waals surface area contributed by atoms with Crippen molar-refractivity contribution < 1.29 is 10.2 Å². The first kappa shape index (κ1) is 13.8. The fourth-order valence-electron chi connectivity index (χ4n) is 1.40. The molecule has 0 aromatic rings. The van der Waals surface area contributed by atoms with Crippen molar-refractivity contribution in [3.8, 4) is 0 Å². The molecule has 0 heterocycles. The lowest BCUT2D eigenvalue weighted by atomic mass is 10.0. The summed E-state index contributed by atoms with van der Waals surface area (Å²) >= 11 is 0. The lowest BCUT2D eigenvalue weighted by molar-refractivity contribution is 0.0993. The van der Waals surface area contributed by atoms with Gasteiger partial charge >= 0.3 is 0 Å². The van der Waals surface area contributed by atoms with Crippen molar-refractivity contribution in [3.05, 3.63) is 0 Å². The summed E-state index contributed by atoms with van der Waals surface area (Å²) in [5.41, 5.74) is 10.7. The van der Waals surface area contributed by atoms with Crippen molar-refractivity contribution in [2.45, 2.75) is 63.8 Å². The molecule has 0 aliphatic heterocycles. The van der Waals surface area contributed by atoms with Gasteiger partial charge in [-0.2, -0.15) is 0 Å². The van der Waals surface area contributed by atoms with Crippen LogP contribution in [-0.4, -0.2) is 28.6 Å². The lowest BCUT2D eigenvalue weighted by Crippen LogP contribution is -2.34. The van der Waals surface area contributed by atoms with E-state index in [-0.39, 0.29) is 6.10 Å². The topological polar surface area (TPSA) is 92.5 Å². The zero-order valence-electron chi connectivity index (χ0n) is 9.02. The van der Waals surface area contributed by atoms with Crippen molar-refractivity contribution in [1.82, 2.24) is 0 Å². The summed E-state index contributed by atoms with van der Waals surface area (Å²) in [6.45, 7) is 2.09. The Morgan fingerprint density at radius 2 is 1.57 bits per heavy atom. The summed E-state index contributed by atoms with van der Waals surface area (Å²) in [5, 5.41) is 18.9. The highest BCUT2D eigenvalue weighted by molar-refractivity contribution is 4.65. The minimum absolute atomic E-state index is 0.293. The summed E-state index contributed by atoms with van der Waals surface area (Å²) in [5.74, 6) is 0. The van der Waals surface area contributed by atoms with Crippen molar-refractivity contribution in [2.75, 3.05) is 0 Å². The van der Waals surface area contributed by atoms with Crippen LogP contribution in [0, 0.1) is 0 Å². The highest BCUT2D eigenvalue weighted by atomic mass is 16.3. The van der Waals surface area contributed by atoms with Crippen LogP contribution >= 0.6 is 0 Å². The van der Waals surface area contributed by atoms with Gasteiger partial charge in [0.1, 0.15) is 0 Å². The van der Waals surface area contributed by atoms with E-state index in [1.54, 1.807) is 0 Å². The number of hydrogen-bond donors (Lipinski definition) is 4. The zero-order chi connectivity index (χ0) is 11.0. The van der Waals surface area contributed by atoms with E-state index in [1.807, 2.05) is 0 Å². The van der Waals surface area contributed by atoms with E-state index in [4.69, 9.17) is 11.5 Å². The maximum atomic E-state index is 9.49. The Morgan fingerprint density at radius 1 is 1.00 bits per heavy atom. The molecule has 0 bridgehead atoms. The van der Waals surface area contributed by atoms with E-state index in [0.29, 0.717) is 19.3 Å². The third-order valence-corrected chi connectivity index (χ3v) is 2.27. The largest absolute Gasteiger partial charge is 0.393 e. The number of aliphatic hydroxyl groups is 2. The number of aliphatic hydroxyl groups excluding tert-OH is 2. The molecular weight excluding hydrogens is 180 g/mol. The van der Waals surface area contributed by atoms with E-state index < -0.39 is 12.3 Å². The van der Waals surface area contributed by atoms with Crippen molar-refractivity contribution in [3.63, 3.8) is 0 Å². The van der Waals surface area contributed by atoms with Gasteiger partial charge in [0.25, 0.3) is 0 Å². The van der Waals surface area contributed by atoms with E-state index in [2.05, 4.69) is 6.92 Å². The van der Waals surface area contributed by atoms with Crippen LogP contribution < -0.4 is 11.5 Å². The Morgan fingerprint density at radius 3 is 2.07 bits per heavy atom.